The molecule has 2 nitrogen and oxygen atoms in total. The van der Waals surface area contributed by atoms with Gasteiger partial charge in [-0.25, -0.2) is 4.98 Å². The van der Waals surface area contributed by atoms with Gasteiger partial charge in [-0.3, -0.25) is 0 Å². The van der Waals surface area contributed by atoms with E-state index >= 15 is 0 Å². The second kappa shape index (κ2) is 4.65. The Kier molecular flexibility index (Phi) is 3.00. The molecule has 1 aromatic carbocycles. The van der Waals surface area contributed by atoms with Crippen LogP contribution in [0.1, 0.15) is 37.1 Å². The molecule has 1 aliphatic carbocycles. The fourth-order valence-electron chi connectivity index (χ4n) is 2.14. The molecule has 1 aromatic heterocycles. The lowest BCUT2D eigenvalue weighted by Crippen LogP contribution is -1.95. The molecule has 0 atom stereocenters. The Bertz CT molecular complexity index is 626. The van der Waals surface area contributed by atoms with Crippen LogP contribution in [-0.4, -0.2) is 9.97 Å². The first-order chi connectivity index (χ1) is 8.76. The number of rotatable bonds is 3. The predicted molar refractivity (Wildman–Crippen MR) is 76.2 cm³/mol. The average Bonchev–Trinajstić information content (AvgIpc) is 3.22. The van der Waals surface area contributed by atoms with Crippen molar-refractivity contribution in [1.82, 2.24) is 9.97 Å². The van der Waals surface area contributed by atoms with Crippen LogP contribution in [-0.2, 0) is 6.42 Å². The minimum absolute atomic E-state index is 0.598. The molecule has 3 rings (SSSR count). The Balaban J connectivity index is 2.06. The molecule has 0 saturated heterocycles. The number of H-pyrrole nitrogens is 1. The van der Waals surface area contributed by atoms with E-state index < -0.39 is 0 Å². The van der Waals surface area contributed by atoms with E-state index in [0.717, 1.165) is 17.9 Å². The molecule has 1 saturated carbocycles. The van der Waals surface area contributed by atoms with Gasteiger partial charge >= 0.3 is 0 Å². The molecular weight excluding hydrogens is 240 g/mol. The van der Waals surface area contributed by atoms with Crippen molar-refractivity contribution in [3.8, 4) is 11.3 Å². The second-order valence-corrected chi connectivity index (χ2v) is 5.26. The summed E-state index contributed by atoms with van der Waals surface area (Å²) < 4.78 is 0.688. The van der Waals surface area contributed by atoms with Gasteiger partial charge < -0.3 is 4.98 Å². The van der Waals surface area contributed by atoms with E-state index in [9.17, 15) is 0 Å². The zero-order valence-corrected chi connectivity index (χ0v) is 11.3. The number of nitrogens with one attached hydrogen (secondary N) is 1. The van der Waals surface area contributed by atoms with Crippen molar-refractivity contribution in [2.24, 2.45) is 0 Å². The van der Waals surface area contributed by atoms with Crippen LogP contribution in [0.5, 0.6) is 0 Å². The third-order valence-corrected chi connectivity index (χ3v) is 3.58. The molecule has 1 fully saturated rings. The summed E-state index contributed by atoms with van der Waals surface area (Å²) in [4.78, 5) is 7.86. The normalized spacial score (nSPS) is 14.7. The Morgan fingerprint density at radius 2 is 2.17 bits per heavy atom. The van der Waals surface area contributed by atoms with E-state index in [4.69, 9.17) is 12.2 Å². The Morgan fingerprint density at radius 1 is 1.33 bits per heavy atom. The van der Waals surface area contributed by atoms with E-state index in [1.165, 1.54) is 24.0 Å². The highest BCUT2D eigenvalue weighted by Crippen LogP contribution is 2.38. The lowest BCUT2D eigenvalue weighted by molar-refractivity contribution is 0.924. The molecular formula is C15H16N2S. The smallest absolute Gasteiger partial charge is 0.130 e. The number of aryl methyl sites for hydroxylation is 1. The van der Waals surface area contributed by atoms with Gasteiger partial charge in [0.15, 0.2) is 0 Å². The first-order valence-electron chi connectivity index (χ1n) is 6.47. The Morgan fingerprint density at radius 3 is 2.89 bits per heavy atom. The van der Waals surface area contributed by atoms with E-state index in [0.29, 0.717) is 10.6 Å². The summed E-state index contributed by atoms with van der Waals surface area (Å²) in [5, 5.41) is 0. The maximum absolute atomic E-state index is 5.26. The van der Waals surface area contributed by atoms with E-state index in [-0.39, 0.29) is 0 Å². The molecule has 0 spiro atoms. The Hall–Kier alpha value is -1.48. The fourth-order valence-corrected chi connectivity index (χ4v) is 2.36. The van der Waals surface area contributed by atoms with Gasteiger partial charge in [-0.1, -0.05) is 37.3 Å². The molecule has 0 radical (unpaired) electrons. The molecule has 1 aliphatic rings. The maximum Gasteiger partial charge on any atom is 0.130 e. The molecule has 3 heteroatoms. The largest absolute Gasteiger partial charge is 0.343 e. The molecule has 92 valence electrons. The van der Waals surface area contributed by atoms with E-state index in [2.05, 4.69) is 41.2 Å². The number of benzene rings is 1. The molecule has 18 heavy (non-hydrogen) atoms. The summed E-state index contributed by atoms with van der Waals surface area (Å²) in [7, 11) is 0. The van der Waals surface area contributed by atoms with Crippen LogP contribution in [0, 0.1) is 4.64 Å². The van der Waals surface area contributed by atoms with Crippen LogP contribution >= 0.6 is 12.2 Å². The summed E-state index contributed by atoms with van der Waals surface area (Å²) in [6, 6.07) is 10.5. The maximum atomic E-state index is 5.26. The molecule has 0 amide bonds. The summed E-state index contributed by atoms with van der Waals surface area (Å²) in [5.74, 6) is 1.65. The summed E-state index contributed by atoms with van der Waals surface area (Å²) in [6.07, 6.45) is 3.52. The SMILES string of the molecule is CCc1cccc(-c2cc(=S)nc(C3CC3)[nH]2)c1. The topological polar surface area (TPSA) is 28.7 Å². The van der Waals surface area contributed by atoms with Crippen molar-refractivity contribution in [3.63, 3.8) is 0 Å². The van der Waals surface area contributed by atoms with Gasteiger partial charge in [0.2, 0.25) is 0 Å². The van der Waals surface area contributed by atoms with Crippen molar-refractivity contribution >= 4 is 12.2 Å². The van der Waals surface area contributed by atoms with E-state index in [1.54, 1.807) is 0 Å². The fraction of sp³-hybridized carbons (Fsp3) is 0.333. The van der Waals surface area contributed by atoms with Crippen LogP contribution in [0.15, 0.2) is 30.3 Å². The van der Waals surface area contributed by atoms with Crippen molar-refractivity contribution in [2.75, 3.05) is 0 Å². The molecule has 0 aliphatic heterocycles. The van der Waals surface area contributed by atoms with Crippen LogP contribution in [0.3, 0.4) is 0 Å². The van der Waals surface area contributed by atoms with Gasteiger partial charge in [0.05, 0.1) is 0 Å². The van der Waals surface area contributed by atoms with Gasteiger partial charge in [-0.15, -0.1) is 0 Å². The summed E-state index contributed by atoms with van der Waals surface area (Å²) in [5.41, 5.74) is 3.63. The molecule has 1 N–H and O–H groups in total. The minimum Gasteiger partial charge on any atom is -0.343 e. The molecule has 0 bridgehead atoms. The zero-order valence-electron chi connectivity index (χ0n) is 10.4. The highest BCUT2D eigenvalue weighted by molar-refractivity contribution is 7.71. The third-order valence-electron chi connectivity index (χ3n) is 3.37. The van der Waals surface area contributed by atoms with Gasteiger partial charge in [-0.05, 0) is 42.5 Å². The van der Waals surface area contributed by atoms with Crippen molar-refractivity contribution in [3.05, 3.63) is 46.4 Å². The lowest BCUT2D eigenvalue weighted by Gasteiger charge is -2.06. The van der Waals surface area contributed by atoms with Gasteiger partial charge in [-0.2, -0.15) is 0 Å². The van der Waals surface area contributed by atoms with Crippen LogP contribution in [0.4, 0.5) is 0 Å². The molecule has 1 heterocycles. The zero-order chi connectivity index (χ0) is 12.5. The van der Waals surface area contributed by atoms with Gasteiger partial charge in [0.25, 0.3) is 0 Å². The van der Waals surface area contributed by atoms with Crippen molar-refractivity contribution in [2.45, 2.75) is 32.1 Å². The first-order valence-corrected chi connectivity index (χ1v) is 6.87. The standard InChI is InChI=1S/C15H16N2S/c1-2-10-4-3-5-12(8-10)13-9-14(18)17-15(16-13)11-6-7-11/h3-5,8-9,11H,2,6-7H2,1H3,(H,16,17,18). The number of aromatic amines is 1. The second-order valence-electron chi connectivity index (χ2n) is 4.85. The van der Waals surface area contributed by atoms with E-state index in [1.807, 2.05) is 6.07 Å². The number of aromatic nitrogens is 2. The number of nitrogens with zero attached hydrogens (tertiary/aromatic N) is 1. The first kappa shape index (κ1) is 11.6. The van der Waals surface area contributed by atoms with Gasteiger partial charge in [0.1, 0.15) is 10.5 Å². The van der Waals surface area contributed by atoms with Crippen LogP contribution in [0.25, 0.3) is 11.3 Å². The quantitative estimate of drug-likeness (QED) is 0.832. The minimum atomic E-state index is 0.598. The summed E-state index contributed by atoms with van der Waals surface area (Å²) >= 11 is 5.26. The number of hydrogen-bond donors (Lipinski definition) is 1. The lowest BCUT2D eigenvalue weighted by atomic mass is 10.1. The number of hydrogen-bond acceptors (Lipinski definition) is 2. The highest BCUT2D eigenvalue weighted by atomic mass is 32.1. The molecule has 0 unspecified atom stereocenters. The van der Waals surface area contributed by atoms with Crippen LogP contribution in [0.2, 0.25) is 0 Å². The van der Waals surface area contributed by atoms with Crippen molar-refractivity contribution in [1.29, 1.82) is 0 Å². The highest BCUT2D eigenvalue weighted by Gasteiger charge is 2.26. The monoisotopic (exact) mass is 256 g/mol. The molecule has 2 aromatic rings. The Labute approximate surface area is 112 Å². The van der Waals surface area contributed by atoms with Gasteiger partial charge in [0, 0.05) is 11.6 Å². The predicted octanol–water partition coefficient (Wildman–Crippen LogP) is 4.25. The summed E-state index contributed by atoms with van der Waals surface area (Å²) in [6.45, 7) is 2.17. The van der Waals surface area contributed by atoms with Crippen LogP contribution < -0.4 is 0 Å². The third kappa shape index (κ3) is 2.36. The average molecular weight is 256 g/mol. The van der Waals surface area contributed by atoms with Crippen molar-refractivity contribution < 1.29 is 0 Å².